The van der Waals surface area contributed by atoms with Gasteiger partial charge in [0.15, 0.2) is 0 Å². The third-order valence-corrected chi connectivity index (χ3v) is 4.58. The van der Waals surface area contributed by atoms with Gasteiger partial charge in [0.1, 0.15) is 0 Å². The molecule has 0 fully saturated rings. The van der Waals surface area contributed by atoms with Gasteiger partial charge in [0, 0.05) is 8.95 Å². The minimum absolute atomic E-state index is 0.452. The van der Waals surface area contributed by atoms with Gasteiger partial charge in [0.05, 0.1) is 27.1 Å². The van der Waals surface area contributed by atoms with Crippen molar-refractivity contribution in [1.82, 2.24) is 0 Å². The summed E-state index contributed by atoms with van der Waals surface area (Å²) in [5, 5.41) is 4.07. The second-order valence-electron chi connectivity index (χ2n) is 3.58. The molecule has 0 radical (unpaired) electrons. The molecule has 18 heavy (non-hydrogen) atoms. The lowest BCUT2D eigenvalue weighted by Crippen LogP contribution is -1.97. The lowest BCUT2D eigenvalue weighted by Gasteiger charge is -2.12. The first-order valence-corrected chi connectivity index (χ1v) is 7.29. The van der Waals surface area contributed by atoms with Crippen LogP contribution in [0.5, 0.6) is 0 Å². The second kappa shape index (κ2) is 5.70. The summed E-state index contributed by atoms with van der Waals surface area (Å²) >= 11 is 18.9. The van der Waals surface area contributed by atoms with E-state index in [0.29, 0.717) is 21.4 Å². The van der Waals surface area contributed by atoms with Crippen LogP contribution in [0, 0.1) is 0 Å². The largest absolute Gasteiger partial charge is 0.397 e. The quantitative estimate of drug-likeness (QED) is 0.481. The van der Waals surface area contributed by atoms with Crippen LogP contribution >= 0.6 is 55.1 Å². The molecule has 94 valence electrons. The summed E-state index contributed by atoms with van der Waals surface area (Å²) in [6.07, 6.45) is 0. The lowest BCUT2D eigenvalue weighted by atomic mass is 10.2. The smallest absolute Gasteiger partial charge is 0.0838 e. The van der Waals surface area contributed by atoms with Crippen LogP contribution in [0.4, 0.5) is 17.1 Å². The van der Waals surface area contributed by atoms with Crippen molar-refractivity contribution in [2.24, 2.45) is 0 Å². The van der Waals surface area contributed by atoms with Gasteiger partial charge in [0.25, 0.3) is 0 Å². The third kappa shape index (κ3) is 2.94. The Balaban J connectivity index is 2.37. The van der Waals surface area contributed by atoms with Crippen LogP contribution in [0.3, 0.4) is 0 Å². The van der Waals surface area contributed by atoms with E-state index in [0.717, 1.165) is 14.6 Å². The molecule has 0 heterocycles. The van der Waals surface area contributed by atoms with E-state index >= 15 is 0 Å². The van der Waals surface area contributed by atoms with Crippen molar-refractivity contribution in [1.29, 1.82) is 0 Å². The molecule has 6 heteroatoms. The number of anilines is 3. The molecule has 3 N–H and O–H groups in total. The average Bonchev–Trinajstić information content (AvgIpc) is 2.33. The zero-order valence-electron chi connectivity index (χ0n) is 8.98. The molecule has 2 rings (SSSR count). The first-order valence-electron chi connectivity index (χ1n) is 4.94. The highest BCUT2D eigenvalue weighted by molar-refractivity contribution is 9.10. The maximum atomic E-state index is 6.16. The van der Waals surface area contributed by atoms with Gasteiger partial charge in [-0.05, 0) is 46.3 Å². The minimum atomic E-state index is 0.452. The van der Waals surface area contributed by atoms with Crippen molar-refractivity contribution in [2.45, 2.75) is 0 Å². The molecule has 0 aromatic heterocycles. The molecule has 0 bridgehead atoms. The Kier molecular flexibility index (Phi) is 4.43. The maximum absolute atomic E-state index is 6.16. The van der Waals surface area contributed by atoms with Gasteiger partial charge >= 0.3 is 0 Å². The summed E-state index contributed by atoms with van der Waals surface area (Å²) < 4.78 is 1.67. The standard InChI is InChI=1S/C12H8Br2Cl2N2/c13-6-1-3-9(8(17)5-6)18-10-4-2-7(14)11(15)12(10)16/h1-5,18H,17H2. The number of nitrogens with two attached hydrogens (primary N) is 1. The van der Waals surface area contributed by atoms with Gasteiger partial charge in [-0.3, -0.25) is 0 Å². The van der Waals surface area contributed by atoms with E-state index in [-0.39, 0.29) is 0 Å². The molecule has 0 unspecified atom stereocenters. The Bertz CT molecular complexity index is 603. The Hall–Kier alpha value is -0.420. The molecule has 0 spiro atoms. The van der Waals surface area contributed by atoms with Gasteiger partial charge < -0.3 is 11.1 Å². The SMILES string of the molecule is Nc1cc(Br)ccc1Nc1ccc(Br)c(Cl)c1Cl. The summed E-state index contributed by atoms with van der Waals surface area (Å²) in [4.78, 5) is 0. The summed E-state index contributed by atoms with van der Waals surface area (Å²) in [5.74, 6) is 0. The summed E-state index contributed by atoms with van der Waals surface area (Å²) in [7, 11) is 0. The van der Waals surface area contributed by atoms with E-state index in [9.17, 15) is 0 Å². The number of hydrogen-bond donors (Lipinski definition) is 2. The van der Waals surface area contributed by atoms with Crippen LogP contribution in [-0.4, -0.2) is 0 Å². The fourth-order valence-corrected chi connectivity index (χ4v) is 2.62. The molecule has 0 saturated carbocycles. The molecule has 0 aliphatic carbocycles. The maximum Gasteiger partial charge on any atom is 0.0838 e. The Labute approximate surface area is 132 Å². The average molecular weight is 411 g/mol. The second-order valence-corrected chi connectivity index (χ2v) is 6.11. The molecule has 2 nitrogen and oxygen atoms in total. The zero-order valence-corrected chi connectivity index (χ0v) is 13.7. The van der Waals surface area contributed by atoms with Crippen molar-refractivity contribution in [3.8, 4) is 0 Å². The monoisotopic (exact) mass is 408 g/mol. The van der Waals surface area contributed by atoms with Gasteiger partial charge in [-0.1, -0.05) is 39.1 Å². The molecule has 0 aliphatic rings. The van der Waals surface area contributed by atoms with Gasteiger partial charge in [-0.15, -0.1) is 0 Å². The van der Waals surface area contributed by atoms with Crippen LogP contribution in [0.15, 0.2) is 39.3 Å². The lowest BCUT2D eigenvalue weighted by molar-refractivity contribution is 1.52. The van der Waals surface area contributed by atoms with Gasteiger partial charge in [-0.2, -0.15) is 0 Å². The topological polar surface area (TPSA) is 38.0 Å². The highest BCUT2D eigenvalue weighted by Gasteiger charge is 2.09. The molecular weight excluding hydrogens is 403 g/mol. The molecule has 0 saturated heterocycles. The fourth-order valence-electron chi connectivity index (χ4n) is 1.41. The van der Waals surface area contributed by atoms with Gasteiger partial charge in [-0.25, -0.2) is 0 Å². The van der Waals surface area contributed by atoms with Crippen LogP contribution in [0.2, 0.25) is 10.0 Å². The zero-order chi connectivity index (χ0) is 13.3. The van der Waals surface area contributed by atoms with Gasteiger partial charge in [0.2, 0.25) is 0 Å². The van der Waals surface area contributed by atoms with Crippen LogP contribution in [0.1, 0.15) is 0 Å². The van der Waals surface area contributed by atoms with Crippen LogP contribution in [-0.2, 0) is 0 Å². The fraction of sp³-hybridized carbons (Fsp3) is 0. The minimum Gasteiger partial charge on any atom is -0.397 e. The number of halogens is 4. The Morgan fingerprint density at radius 2 is 1.61 bits per heavy atom. The van der Waals surface area contributed by atoms with E-state index in [1.165, 1.54) is 0 Å². The van der Waals surface area contributed by atoms with Crippen molar-refractivity contribution in [3.63, 3.8) is 0 Å². The Morgan fingerprint density at radius 3 is 2.28 bits per heavy atom. The van der Waals surface area contributed by atoms with Crippen LogP contribution < -0.4 is 11.1 Å². The molecule has 2 aromatic carbocycles. The normalized spacial score (nSPS) is 10.4. The van der Waals surface area contributed by atoms with Crippen molar-refractivity contribution < 1.29 is 0 Å². The van der Waals surface area contributed by atoms with E-state index in [1.54, 1.807) is 0 Å². The predicted molar refractivity (Wildman–Crippen MR) is 86.0 cm³/mol. The first-order chi connectivity index (χ1) is 8.49. The summed E-state index contributed by atoms with van der Waals surface area (Å²) in [6.45, 7) is 0. The van der Waals surface area contributed by atoms with E-state index < -0.39 is 0 Å². The number of benzene rings is 2. The summed E-state index contributed by atoms with van der Waals surface area (Å²) in [6, 6.07) is 9.24. The van der Waals surface area contributed by atoms with E-state index in [1.807, 2.05) is 30.3 Å². The van der Waals surface area contributed by atoms with E-state index in [2.05, 4.69) is 37.2 Å². The first kappa shape index (κ1) is 14.0. The van der Waals surface area contributed by atoms with Crippen molar-refractivity contribution >= 4 is 72.1 Å². The molecule has 0 atom stereocenters. The van der Waals surface area contributed by atoms with E-state index in [4.69, 9.17) is 28.9 Å². The third-order valence-electron chi connectivity index (χ3n) is 2.32. The molecular formula is C12H8Br2Cl2N2. The molecule has 0 amide bonds. The molecule has 2 aromatic rings. The number of rotatable bonds is 2. The van der Waals surface area contributed by atoms with Crippen molar-refractivity contribution in [3.05, 3.63) is 49.3 Å². The number of nitrogens with one attached hydrogen (secondary N) is 1. The predicted octanol–water partition coefficient (Wildman–Crippen LogP) is 5.84. The Morgan fingerprint density at radius 1 is 0.944 bits per heavy atom. The number of hydrogen-bond acceptors (Lipinski definition) is 2. The number of nitrogen functional groups attached to an aromatic ring is 1. The highest BCUT2D eigenvalue weighted by Crippen LogP contribution is 2.38. The molecule has 0 aliphatic heterocycles. The van der Waals surface area contributed by atoms with Crippen molar-refractivity contribution in [2.75, 3.05) is 11.1 Å². The van der Waals surface area contributed by atoms with Crippen LogP contribution in [0.25, 0.3) is 0 Å². The summed E-state index contributed by atoms with van der Waals surface area (Å²) in [5.41, 5.74) is 8.02. The highest BCUT2D eigenvalue weighted by atomic mass is 79.9.